The van der Waals surface area contributed by atoms with Crippen LogP contribution in [0.25, 0.3) is 11.3 Å². The lowest BCUT2D eigenvalue weighted by Gasteiger charge is -2.04. The van der Waals surface area contributed by atoms with Crippen molar-refractivity contribution in [2.75, 3.05) is 0 Å². The number of imidazole rings is 1. The third kappa shape index (κ3) is 2.89. The van der Waals surface area contributed by atoms with Crippen molar-refractivity contribution < 1.29 is 4.74 Å². The highest BCUT2D eigenvalue weighted by Crippen LogP contribution is 2.14. The van der Waals surface area contributed by atoms with Crippen LogP contribution in [0.5, 0.6) is 0 Å². The molecule has 0 fully saturated rings. The van der Waals surface area contributed by atoms with Gasteiger partial charge in [-0.3, -0.25) is 0 Å². The quantitative estimate of drug-likeness (QED) is 0.761. The topological polar surface area (TPSA) is 55.7 Å². The van der Waals surface area contributed by atoms with E-state index in [-0.39, 0.29) is 0 Å². The first-order valence-corrected chi connectivity index (χ1v) is 6.05. The molecule has 0 aliphatic heterocycles. The molecule has 0 unspecified atom stereocenters. The van der Waals surface area contributed by atoms with E-state index in [1.165, 1.54) is 0 Å². The number of benzene rings is 1. The molecule has 0 saturated heterocycles. The lowest BCUT2D eigenvalue weighted by Crippen LogP contribution is -2.02. The third-order valence-corrected chi connectivity index (χ3v) is 2.78. The zero-order valence-corrected chi connectivity index (χ0v) is 10.4. The molecule has 0 saturated carbocycles. The molecule has 0 aliphatic carbocycles. The van der Waals surface area contributed by atoms with E-state index in [1.54, 1.807) is 23.4 Å². The molecule has 1 N–H and O–H groups in total. The summed E-state index contributed by atoms with van der Waals surface area (Å²) < 4.78 is 7.37. The fourth-order valence-electron chi connectivity index (χ4n) is 1.82. The summed E-state index contributed by atoms with van der Waals surface area (Å²) in [6, 6.07) is 10.1. The normalized spacial score (nSPS) is 10.7. The Morgan fingerprint density at radius 3 is 2.84 bits per heavy atom. The number of aromatic nitrogens is 4. The molecule has 0 atom stereocenters. The highest BCUT2D eigenvalue weighted by Gasteiger charge is 2.02. The lowest BCUT2D eigenvalue weighted by molar-refractivity contribution is 0.0561. The highest BCUT2D eigenvalue weighted by atomic mass is 16.5. The fourth-order valence-corrected chi connectivity index (χ4v) is 1.82. The number of ether oxygens (including phenoxy) is 1. The molecular weight excluding hydrogens is 240 g/mol. The van der Waals surface area contributed by atoms with Crippen LogP contribution < -0.4 is 0 Å². The lowest BCUT2D eigenvalue weighted by atomic mass is 10.2. The van der Waals surface area contributed by atoms with E-state index in [9.17, 15) is 0 Å². The van der Waals surface area contributed by atoms with Crippen LogP contribution in [-0.4, -0.2) is 19.7 Å². The first-order chi connectivity index (χ1) is 9.42. The van der Waals surface area contributed by atoms with Crippen LogP contribution in [0.1, 0.15) is 5.56 Å². The molecule has 19 heavy (non-hydrogen) atoms. The molecule has 3 aromatic rings. The van der Waals surface area contributed by atoms with E-state index in [1.807, 2.05) is 36.5 Å². The summed E-state index contributed by atoms with van der Waals surface area (Å²) in [7, 11) is 0. The standard InChI is InChI=1S/C14H14N4O/c1-2-4-12(5-3-1)9-19-11-18-8-13(6-17-18)14-7-15-10-16-14/h1-8,10H,9,11H2,(H,15,16). The van der Waals surface area contributed by atoms with E-state index in [0.29, 0.717) is 13.3 Å². The van der Waals surface area contributed by atoms with Gasteiger partial charge in [0.25, 0.3) is 0 Å². The zero-order chi connectivity index (χ0) is 12.9. The molecule has 0 amide bonds. The zero-order valence-electron chi connectivity index (χ0n) is 10.4. The van der Waals surface area contributed by atoms with Crippen LogP contribution in [-0.2, 0) is 18.1 Å². The molecule has 0 radical (unpaired) electrons. The smallest absolute Gasteiger partial charge is 0.139 e. The first kappa shape index (κ1) is 11.7. The number of hydrogen-bond donors (Lipinski definition) is 1. The van der Waals surface area contributed by atoms with Gasteiger partial charge in [-0.25, -0.2) is 9.67 Å². The summed E-state index contributed by atoms with van der Waals surface area (Å²) >= 11 is 0. The van der Waals surface area contributed by atoms with Crippen molar-refractivity contribution >= 4 is 0 Å². The van der Waals surface area contributed by atoms with Crippen LogP contribution in [0, 0.1) is 0 Å². The highest BCUT2D eigenvalue weighted by molar-refractivity contribution is 5.55. The molecular formula is C14H14N4O. The molecule has 1 aromatic carbocycles. The van der Waals surface area contributed by atoms with Gasteiger partial charge in [-0.15, -0.1) is 0 Å². The monoisotopic (exact) mass is 254 g/mol. The summed E-state index contributed by atoms with van der Waals surface area (Å²) in [4.78, 5) is 7.03. The summed E-state index contributed by atoms with van der Waals surface area (Å²) in [5, 5.41) is 4.25. The van der Waals surface area contributed by atoms with E-state index in [2.05, 4.69) is 15.1 Å². The number of aromatic amines is 1. The average Bonchev–Trinajstić information content (AvgIpc) is 3.10. The molecule has 3 rings (SSSR count). The Hall–Kier alpha value is -2.40. The maximum atomic E-state index is 5.61. The van der Waals surface area contributed by atoms with E-state index >= 15 is 0 Å². The van der Waals surface area contributed by atoms with Gasteiger partial charge in [0.15, 0.2) is 0 Å². The van der Waals surface area contributed by atoms with Gasteiger partial charge in [0.2, 0.25) is 0 Å². The minimum absolute atomic E-state index is 0.434. The van der Waals surface area contributed by atoms with Gasteiger partial charge in [0.05, 0.1) is 31.0 Å². The molecule has 0 aliphatic rings. The average molecular weight is 254 g/mol. The van der Waals surface area contributed by atoms with Crippen LogP contribution in [0.4, 0.5) is 0 Å². The summed E-state index contributed by atoms with van der Waals surface area (Å²) in [6.07, 6.45) is 7.14. The number of hydrogen-bond acceptors (Lipinski definition) is 3. The summed E-state index contributed by atoms with van der Waals surface area (Å²) in [6.45, 7) is 1.02. The van der Waals surface area contributed by atoms with Crippen molar-refractivity contribution in [3.05, 3.63) is 60.8 Å². The molecule has 0 spiro atoms. The first-order valence-electron chi connectivity index (χ1n) is 6.05. The van der Waals surface area contributed by atoms with Gasteiger partial charge < -0.3 is 9.72 Å². The van der Waals surface area contributed by atoms with Crippen molar-refractivity contribution in [3.8, 4) is 11.3 Å². The molecule has 2 aromatic heterocycles. The molecule has 5 heteroatoms. The number of nitrogens with one attached hydrogen (secondary N) is 1. The van der Waals surface area contributed by atoms with Crippen molar-refractivity contribution in [2.45, 2.75) is 13.3 Å². The maximum Gasteiger partial charge on any atom is 0.139 e. The molecule has 2 heterocycles. The SMILES string of the molecule is c1ccc(COCn2cc(-c3cnc[nH]3)cn2)cc1. The van der Waals surface area contributed by atoms with E-state index in [4.69, 9.17) is 4.74 Å². The van der Waals surface area contributed by atoms with Crippen molar-refractivity contribution in [3.63, 3.8) is 0 Å². The maximum absolute atomic E-state index is 5.61. The van der Waals surface area contributed by atoms with Gasteiger partial charge in [-0.2, -0.15) is 5.10 Å². The number of rotatable bonds is 5. The second-order valence-corrected chi connectivity index (χ2v) is 4.20. The largest absolute Gasteiger partial charge is 0.355 e. The Kier molecular flexibility index (Phi) is 3.38. The predicted octanol–water partition coefficient (Wildman–Crippen LogP) is 2.45. The second-order valence-electron chi connectivity index (χ2n) is 4.20. The summed E-state index contributed by atoms with van der Waals surface area (Å²) in [5.41, 5.74) is 3.11. The Morgan fingerprint density at radius 2 is 2.05 bits per heavy atom. The Bertz CT molecular complexity index is 616. The van der Waals surface area contributed by atoms with Gasteiger partial charge >= 0.3 is 0 Å². The van der Waals surface area contributed by atoms with Crippen molar-refractivity contribution in [2.24, 2.45) is 0 Å². The van der Waals surface area contributed by atoms with Crippen LogP contribution in [0.3, 0.4) is 0 Å². The van der Waals surface area contributed by atoms with Gasteiger partial charge in [0.1, 0.15) is 6.73 Å². The van der Waals surface area contributed by atoms with Gasteiger partial charge in [-0.1, -0.05) is 30.3 Å². The van der Waals surface area contributed by atoms with Crippen LogP contribution in [0.15, 0.2) is 55.2 Å². The fraction of sp³-hybridized carbons (Fsp3) is 0.143. The summed E-state index contributed by atoms with van der Waals surface area (Å²) in [5.74, 6) is 0. The third-order valence-electron chi connectivity index (χ3n) is 2.78. The van der Waals surface area contributed by atoms with Crippen LogP contribution in [0.2, 0.25) is 0 Å². The minimum atomic E-state index is 0.434. The van der Waals surface area contributed by atoms with Crippen molar-refractivity contribution in [1.82, 2.24) is 19.7 Å². The minimum Gasteiger partial charge on any atom is -0.355 e. The Morgan fingerprint density at radius 1 is 1.16 bits per heavy atom. The second kappa shape index (κ2) is 5.49. The van der Waals surface area contributed by atoms with E-state index < -0.39 is 0 Å². The van der Waals surface area contributed by atoms with E-state index in [0.717, 1.165) is 16.8 Å². The molecule has 5 nitrogen and oxygen atoms in total. The van der Waals surface area contributed by atoms with Gasteiger partial charge in [0, 0.05) is 11.8 Å². The number of nitrogens with zero attached hydrogens (tertiary/aromatic N) is 3. The molecule has 96 valence electrons. The number of H-pyrrole nitrogens is 1. The Labute approximate surface area is 110 Å². The molecule has 0 bridgehead atoms. The van der Waals surface area contributed by atoms with Crippen LogP contribution >= 0.6 is 0 Å². The Balaban J connectivity index is 1.56. The predicted molar refractivity (Wildman–Crippen MR) is 71.0 cm³/mol. The van der Waals surface area contributed by atoms with Crippen molar-refractivity contribution in [1.29, 1.82) is 0 Å². The van der Waals surface area contributed by atoms with Gasteiger partial charge in [-0.05, 0) is 5.56 Å².